The minimum atomic E-state index is -0.143. The second-order valence-corrected chi connectivity index (χ2v) is 3.99. The van der Waals surface area contributed by atoms with E-state index in [4.69, 9.17) is 4.74 Å². The van der Waals surface area contributed by atoms with Crippen molar-refractivity contribution in [1.82, 2.24) is 4.98 Å². The fraction of sp³-hybridized carbons (Fsp3) is 0.636. The molecule has 1 aromatic heterocycles. The summed E-state index contributed by atoms with van der Waals surface area (Å²) in [6.45, 7) is 8.27. The van der Waals surface area contributed by atoms with E-state index in [0.29, 0.717) is 19.4 Å². The SMILES string of the molecule is CC.CCOC(=O)CCc1ncc(C)s1. The van der Waals surface area contributed by atoms with Crippen molar-refractivity contribution in [2.75, 3.05) is 6.61 Å². The summed E-state index contributed by atoms with van der Waals surface area (Å²) in [6, 6.07) is 0. The molecule has 0 amide bonds. The Balaban J connectivity index is 0.000000921. The molecule has 86 valence electrons. The molecule has 0 atom stereocenters. The molecule has 0 saturated carbocycles. The summed E-state index contributed by atoms with van der Waals surface area (Å²) in [5.74, 6) is -0.143. The first-order valence-corrected chi connectivity index (χ1v) is 6.11. The van der Waals surface area contributed by atoms with Crippen LogP contribution in [-0.2, 0) is 16.0 Å². The van der Waals surface area contributed by atoms with Gasteiger partial charge in [0.25, 0.3) is 0 Å². The highest BCUT2D eigenvalue weighted by Crippen LogP contribution is 2.12. The van der Waals surface area contributed by atoms with Crippen molar-refractivity contribution in [3.05, 3.63) is 16.1 Å². The molecule has 3 nitrogen and oxygen atoms in total. The van der Waals surface area contributed by atoms with E-state index in [2.05, 4.69) is 4.98 Å². The first-order chi connectivity index (χ1) is 7.22. The quantitative estimate of drug-likeness (QED) is 0.745. The van der Waals surface area contributed by atoms with Gasteiger partial charge in [-0.2, -0.15) is 0 Å². The minimum absolute atomic E-state index is 0.143. The fourth-order valence-electron chi connectivity index (χ4n) is 0.959. The molecule has 0 bridgehead atoms. The van der Waals surface area contributed by atoms with Crippen LogP contribution in [0.4, 0.5) is 0 Å². The molecule has 0 radical (unpaired) electrons. The number of esters is 1. The van der Waals surface area contributed by atoms with Crippen LogP contribution in [-0.4, -0.2) is 17.6 Å². The van der Waals surface area contributed by atoms with Crippen molar-refractivity contribution < 1.29 is 9.53 Å². The number of aryl methyl sites for hydroxylation is 2. The van der Waals surface area contributed by atoms with E-state index < -0.39 is 0 Å². The molecule has 0 aromatic carbocycles. The van der Waals surface area contributed by atoms with Gasteiger partial charge in [0.15, 0.2) is 0 Å². The van der Waals surface area contributed by atoms with Gasteiger partial charge < -0.3 is 4.74 Å². The molecule has 4 heteroatoms. The summed E-state index contributed by atoms with van der Waals surface area (Å²) >= 11 is 1.63. The number of ether oxygens (including phenoxy) is 1. The largest absolute Gasteiger partial charge is 0.466 e. The van der Waals surface area contributed by atoms with E-state index in [1.54, 1.807) is 11.3 Å². The highest BCUT2D eigenvalue weighted by atomic mass is 32.1. The Labute approximate surface area is 95.5 Å². The molecule has 1 heterocycles. The average Bonchev–Trinajstić information content (AvgIpc) is 2.65. The molecule has 0 aliphatic heterocycles. The Hall–Kier alpha value is -0.900. The van der Waals surface area contributed by atoms with Gasteiger partial charge in [0.05, 0.1) is 18.0 Å². The maximum atomic E-state index is 11.0. The van der Waals surface area contributed by atoms with Crippen LogP contribution in [0.25, 0.3) is 0 Å². The van der Waals surface area contributed by atoms with E-state index in [1.807, 2.05) is 33.9 Å². The van der Waals surface area contributed by atoms with Gasteiger partial charge in [0.2, 0.25) is 0 Å². The van der Waals surface area contributed by atoms with Crippen molar-refractivity contribution >= 4 is 17.3 Å². The monoisotopic (exact) mass is 229 g/mol. The van der Waals surface area contributed by atoms with E-state index in [-0.39, 0.29) is 5.97 Å². The lowest BCUT2D eigenvalue weighted by atomic mass is 10.3. The average molecular weight is 229 g/mol. The molecule has 0 spiro atoms. The molecule has 0 fully saturated rings. The number of carbonyl (C=O) groups is 1. The maximum absolute atomic E-state index is 11.0. The molecular weight excluding hydrogens is 210 g/mol. The van der Waals surface area contributed by atoms with Gasteiger partial charge >= 0.3 is 5.97 Å². The van der Waals surface area contributed by atoms with Crippen molar-refractivity contribution in [2.24, 2.45) is 0 Å². The number of aromatic nitrogens is 1. The zero-order chi connectivity index (χ0) is 11.7. The summed E-state index contributed by atoms with van der Waals surface area (Å²) in [5, 5.41) is 1.01. The fourth-order valence-corrected chi connectivity index (χ4v) is 1.75. The highest BCUT2D eigenvalue weighted by molar-refractivity contribution is 7.11. The van der Waals surface area contributed by atoms with Crippen molar-refractivity contribution in [3.8, 4) is 0 Å². The predicted molar refractivity (Wildman–Crippen MR) is 63.2 cm³/mol. The van der Waals surface area contributed by atoms with Crippen LogP contribution in [0.3, 0.4) is 0 Å². The second kappa shape index (κ2) is 8.41. The molecule has 0 aliphatic rings. The summed E-state index contributed by atoms with van der Waals surface area (Å²) in [7, 11) is 0. The summed E-state index contributed by atoms with van der Waals surface area (Å²) in [4.78, 5) is 16.3. The smallest absolute Gasteiger partial charge is 0.306 e. The summed E-state index contributed by atoms with van der Waals surface area (Å²) in [6.07, 6.45) is 2.95. The molecule has 0 unspecified atom stereocenters. The van der Waals surface area contributed by atoms with Gasteiger partial charge in [-0.05, 0) is 13.8 Å². The lowest BCUT2D eigenvalue weighted by molar-refractivity contribution is -0.143. The van der Waals surface area contributed by atoms with Crippen LogP contribution in [0, 0.1) is 6.92 Å². The van der Waals surface area contributed by atoms with E-state index >= 15 is 0 Å². The van der Waals surface area contributed by atoms with Gasteiger partial charge in [0.1, 0.15) is 0 Å². The number of carbonyl (C=O) groups excluding carboxylic acids is 1. The number of rotatable bonds is 4. The number of thiazole rings is 1. The molecule has 0 saturated heterocycles. The predicted octanol–water partition coefficient (Wildman–Crippen LogP) is 2.97. The molecule has 0 N–H and O–H groups in total. The molecule has 1 aromatic rings. The van der Waals surface area contributed by atoms with Gasteiger partial charge in [-0.1, -0.05) is 13.8 Å². The zero-order valence-corrected chi connectivity index (χ0v) is 10.7. The van der Waals surface area contributed by atoms with Crippen LogP contribution >= 0.6 is 11.3 Å². The maximum Gasteiger partial charge on any atom is 0.306 e. The number of hydrogen-bond acceptors (Lipinski definition) is 4. The van der Waals surface area contributed by atoms with Gasteiger partial charge in [0, 0.05) is 17.5 Å². The lowest BCUT2D eigenvalue weighted by Gasteiger charge is -1.98. The Morgan fingerprint density at radius 1 is 1.53 bits per heavy atom. The third kappa shape index (κ3) is 6.23. The van der Waals surface area contributed by atoms with Crippen LogP contribution in [0.1, 0.15) is 37.1 Å². The number of hydrogen-bond donors (Lipinski definition) is 0. The van der Waals surface area contributed by atoms with Crippen LogP contribution < -0.4 is 0 Å². The third-order valence-corrected chi connectivity index (χ3v) is 2.49. The Morgan fingerprint density at radius 2 is 2.20 bits per heavy atom. The van der Waals surface area contributed by atoms with Crippen molar-refractivity contribution in [2.45, 2.75) is 40.5 Å². The third-order valence-electron chi connectivity index (χ3n) is 1.52. The van der Waals surface area contributed by atoms with Crippen LogP contribution in [0.15, 0.2) is 6.20 Å². The normalized spacial score (nSPS) is 9.07. The Kier molecular flexibility index (Phi) is 7.91. The van der Waals surface area contributed by atoms with Crippen LogP contribution in [0.5, 0.6) is 0 Å². The van der Waals surface area contributed by atoms with E-state index in [9.17, 15) is 4.79 Å². The lowest BCUT2D eigenvalue weighted by Crippen LogP contribution is -2.04. The number of nitrogens with zero attached hydrogens (tertiary/aromatic N) is 1. The second-order valence-electron chi connectivity index (χ2n) is 2.67. The molecule has 15 heavy (non-hydrogen) atoms. The summed E-state index contributed by atoms with van der Waals surface area (Å²) < 4.78 is 4.81. The van der Waals surface area contributed by atoms with Crippen LogP contribution in [0.2, 0.25) is 0 Å². The first-order valence-electron chi connectivity index (χ1n) is 5.29. The topological polar surface area (TPSA) is 39.2 Å². The Morgan fingerprint density at radius 3 is 2.67 bits per heavy atom. The Bertz CT molecular complexity index is 284. The van der Waals surface area contributed by atoms with Crippen molar-refractivity contribution in [3.63, 3.8) is 0 Å². The molecular formula is C11H19NO2S. The van der Waals surface area contributed by atoms with Gasteiger partial charge in [-0.25, -0.2) is 4.98 Å². The van der Waals surface area contributed by atoms with Crippen molar-refractivity contribution in [1.29, 1.82) is 0 Å². The van der Waals surface area contributed by atoms with Gasteiger partial charge in [-0.15, -0.1) is 11.3 Å². The minimum Gasteiger partial charge on any atom is -0.466 e. The van der Waals surface area contributed by atoms with Gasteiger partial charge in [-0.3, -0.25) is 4.79 Å². The highest BCUT2D eigenvalue weighted by Gasteiger charge is 2.04. The van der Waals surface area contributed by atoms with E-state index in [0.717, 1.165) is 5.01 Å². The first kappa shape index (κ1) is 14.1. The molecule has 1 rings (SSSR count). The summed E-state index contributed by atoms with van der Waals surface area (Å²) in [5.41, 5.74) is 0. The molecule has 0 aliphatic carbocycles. The zero-order valence-electron chi connectivity index (χ0n) is 9.87. The van der Waals surface area contributed by atoms with E-state index in [1.165, 1.54) is 4.88 Å². The standard InChI is InChI=1S/C9H13NO2S.C2H6/c1-3-12-9(11)5-4-8-10-6-7(2)13-8;1-2/h6H,3-5H2,1-2H3;1-2H3.